The van der Waals surface area contributed by atoms with Crippen molar-refractivity contribution < 1.29 is 23.4 Å². The van der Waals surface area contributed by atoms with Crippen molar-refractivity contribution in [3.05, 3.63) is 65.2 Å². The lowest BCUT2D eigenvalue weighted by Crippen LogP contribution is -2.40. The molecule has 0 spiro atoms. The van der Waals surface area contributed by atoms with Gasteiger partial charge in [0.15, 0.2) is 0 Å². The molecule has 0 saturated carbocycles. The summed E-state index contributed by atoms with van der Waals surface area (Å²) in [5.41, 5.74) is 1.03. The van der Waals surface area contributed by atoms with Gasteiger partial charge in [-0.2, -0.15) is 0 Å². The highest BCUT2D eigenvalue weighted by atomic mass is 19.1. The smallest absolute Gasteiger partial charge is 0.335 e. The van der Waals surface area contributed by atoms with Gasteiger partial charge in [-0.15, -0.1) is 0 Å². The normalized spacial score (nSPS) is 18.0. The standard InChI is InChI=1S/C17H15F2NO3/c18-13-4-1-11(2-5-13)16-10-23-8-7-20(16)15-6-3-12(17(21)22)9-14(15)19/h1-6,9,16H,7-8,10H2,(H,21,22). The molecule has 0 amide bonds. The lowest BCUT2D eigenvalue weighted by molar-refractivity contribution is 0.0696. The molecular weight excluding hydrogens is 304 g/mol. The molecule has 0 aromatic heterocycles. The highest BCUT2D eigenvalue weighted by molar-refractivity contribution is 5.88. The first kappa shape index (κ1) is 15.4. The van der Waals surface area contributed by atoms with E-state index in [1.165, 1.54) is 24.3 Å². The molecule has 1 N–H and O–H groups in total. The number of aromatic carboxylic acids is 1. The Hall–Kier alpha value is -2.47. The van der Waals surface area contributed by atoms with Gasteiger partial charge in [-0.05, 0) is 35.9 Å². The summed E-state index contributed by atoms with van der Waals surface area (Å²) in [4.78, 5) is 12.7. The summed E-state index contributed by atoms with van der Waals surface area (Å²) in [7, 11) is 0. The average molecular weight is 319 g/mol. The van der Waals surface area contributed by atoms with Gasteiger partial charge >= 0.3 is 5.97 Å². The van der Waals surface area contributed by atoms with E-state index in [2.05, 4.69) is 0 Å². The zero-order valence-corrected chi connectivity index (χ0v) is 12.2. The van der Waals surface area contributed by atoms with E-state index in [1.54, 1.807) is 12.1 Å². The molecule has 23 heavy (non-hydrogen) atoms. The van der Waals surface area contributed by atoms with Crippen LogP contribution in [-0.2, 0) is 4.74 Å². The summed E-state index contributed by atoms with van der Waals surface area (Å²) in [5.74, 6) is -2.11. The Morgan fingerprint density at radius 2 is 1.91 bits per heavy atom. The van der Waals surface area contributed by atoms with Crippen molar-refractivity contribution in [1.82, 2.24) is 0 Å². The third kappa shape index (κ3) is 3.17. The van der Waals surface area contributed by atoms with Crippen LogP contribution in [0.1, 0.15) is 22.0 Å². The van der Waals surface area contributed by atoms with E-state index in [1.807, 2.05) is 4.90 Å². The molecule has 4 nitrogen and oxygen atoms in total. The number of halogens is 2. The third-order valence-electron chi connectivity index (χ3n) is 3.89. The number of rotatable bonds is 3. The second-order valence-electron chi connectivity index (χ2n) is 5.31. The van der Waals surface area contributed by atoms with E-state index in [-0.39, 0.29) is 17.4 Å². The van der Waals surface area contributed by atoms with Gasteiger partial charge in [0, 0.05) is 6.54 Å². The molecule has 1 aliphatic rings. The number of nitrogens with zero attached hydrogens (tertiary/aromatic N) is 1. The molecule has 0 bridgehead atoms. The minimum atomic E-state index is -1.17. The summed E-state index contributed by atoms with van der Waals surface area (Å²) in [6.45, 7) is 1.26. The van der Waals surface area contributed by atoms with Crippen LogP contribution < -0.4 is 4.90 Å². The predicted molar refractivity (Wildman–Crippen MR) is 80.7 cm³/mol. The number of carboxylic acids is 1. The molecule has 1 heterocycles. The lowest BCUT2D eigenvalue weighted by atomic mass is 10.0. The van der Waals surface area contributed by atoms with Crippen molar-refractivity contribution in [2.24, 2.45) is 0 Å². The highest BCUT2D eigenvalue weighted by Gasteiger charge is 2.27. The number of carboxylic acid groups (broad SMARTS) is 1. The first-order chi connectivity index (χ1) is 11.1. The summed E-state index contributed by atoms with van der Waals surface area (Å²) in [6, 6.07) is 9.58. The fourth-order valence-electron chi connectivity index (χ4n) is 2.73. The maximum Gasteiger partial charge on any atom is 0.335 e. The molecule has 2 aromatic rings. The van der Waals surface area contributed by atoms with Gasteiger partial charge in [0.25, 0.3) is 0 Å². The Balaban J connectivity index is 1.95. The first-order valence-corrected chi connectivity index (χ1v) is 7.19. The van der Waals surface area contributed by atoms with Gasteiger partial charge in [-0.1, -0.05) is 12.1 Å². The second kappa shape index (κ2) is 6.34. The van der Waals surface area contributed by atoms with Crippen molar-refractivity contribution in [2.75, 3.05) is 24.7 Å². The van der Waals surface area contributed by atoms with Crippen molar-refractivity contribution in [2.45, 2.75) is 6.04 Å². The van der Waals surface area contributed by atoms with Gasteiger partial charge in [-0.3, -0.25) is 0 Å². The average Bonchev–Trinajstić information content (AvgIpc) is 2.55. The predicted octanol–water partition coefficient (Wildman–Crippen LogP) is 3.24. The minimum Gasteiger partial charge on any atom is -0.478 e. The molecule has 120 valence electrons. The summed E-state index contributed by atoms with van der Waals surface area (Å²) in [6.07, 6.45) is 0. The molecule has 0 aliphatic carbocycles. The molecule has 0 radical (unpaired) electrons. The topological polar surface area (TPSA) is 49.8 Å². The molecular formula is C17H15F2NO3. The van der Waals surface area contributed by atoms with E-state index in [4.69, 9.17) is 9.84 Å². The highest BCUT2D eigenvalue weighted by Crippen LogP contribution is 2.32. The lowest BCUT2D eigenvalue weighted by Gasteiger charge is -2.37. The van der Waals surface area contributed by atoms with Gasteiger partial charge in [0.1, 0.15) is 11.6 Å². The Bertz CT molecular complexity index is 718. The van der Waals surface area contributed by atoms with Crippen molar-refractivity contribution >= 4 is 11.7 Å². The zero-order valence-electron chi connectivity index (χ0n) is 12.2. The second-order valence-corrected chi connectivity index (χ2v) is 5.31. The number of hydrogen-bond donors (Lipinski definition) is 1. The Kier molecular flexibility index (Phi) is 4.25. The number of hydrogen-bond acceptors (Lipinski definition) is 3. The maximum atomic E-state index is 14.3. The first-order valence-electron chi connectivity index (χ1n) is 7.19. The molecule has 2 aromatic carbocycles. The van der Waals surface area contributed by atoms with Gasteiger partial charge in [-0.25, -0.2) is 13.6 Å². The molecule has 1 unspecified atom stereocenters. The van der Waals surface area contributed by atoms with Crippen LogP contribution in [0.2, 0.25) is 0 Å². The van der Waals surface area contributed by atoms with Crippen LogP contribution in [0, 0.1) is 11.6 Å². The number of benzene rings is 2. The number of ether oxygens (including phenoxy) is 1. The summed E-state index contributed by atoms with van der Waals surface area (Å²) >= 11 is 0. The van der Waals surface area contributed by atoms with E-state index in [9.17, 15) is 13.6 Å². The molecule has 6 heteroatoms. The van der Waals surface area contributed by atoms with E-state index < -0.39 is 11.8 Å². The van der Waals surface area contributed by atoms with Gasteiger partial charge < -0.3 is 14.7 Å². The molecule has 1 fully saturated rings. The number of anilines is 1. The third-order valence-corrected chi connectivity index (χ3v) is 3.89. The van der Waals surface area contributed by atoms with Crippen LogP contribution in [0.3, 0.4) is 0 Å². The molecule has 1 aliphatic heterocycles. The SMILES string of the molecule is O=C(O)c1ccc(N2CCOCC2c2ccc(F)cc2)c(F)c1. The van der Waals surface area contributed by atoms with Crippen LogP contribution in [0.4, 0.5) is 14.5 Å². The Morgan fingerprint density at radius 1 is 1.17 bits per heavy atom. The van der Waals surface area contributed by atoms with Crippen LogP contribution >= 0.6 is 0 Å². The largest absolute Gasteiger partial charge is 0.478 e. The fourth-order valence-corrected chi connectivity index (χ4v) is 2.73. The van der Waals surface area contributed by atoms with Crippen molar-refractivity contribution in [3.63, 3.8) is 0 Å². The molecule has 1 atom stereocenters. The fraction of sp³-hybridized carbons (Fsp3) is 0.235. The minimum absolute atomic E-state index is 0.0992. The Labute approximate surface area is 131 Å². The van der Waals surface area contributed by atoms with Crippen molar-refractivity contribution in [1.29, 1.82) is 0 Å². The zero-order chi connectivity index (χ0) is 16.4. The summed E-state index contributed by atoms with van der Waals surface area (Å²) < 4.78 is 32.9. The van der Waals surface area contributed by atoms with Gasteiger partial charge in [0.05, 0.1) is 30.5 Å². The van der Waals surface area contributed by atoms with E-state index in [0.29, 0.717) is 25.4 Å². The Morgan fingerprint density at radius 3 is 2.57 bits per heavy atom. The molecule has 1 saturated heterocycles. The number of morpholine rings is 1. The quantitative estimate of drug-likeness (QED) is 0.943. The van der Waals surface area contributed by atoms with Crippen molar-refractivity contribution in [3.8, 4) is 0 Å². The van der Waals surface area contributed by atoms with Crippen LogP contribution in [-0.4, -0.2) is 30.8 Å². The van der Waals surface area contributed by atoms with Crippen LogP contribution in [0.5, 0.6) is 0 Å². The van der Waals surface area contributed by atoms with E-state index in [0.717, 1.165) is 11.6 Å². The monoisotopic (exact) mass is 319 g/mol. The number of carbonyl (C=O) groups is 1. The molecule has 3 rings (SSSR count). The maximum absolute atomic E-state index is 14.3. The van der Waals surface area contributed by atoms with E-state index >= 15 is 0 Å². The van der Waals surface area contributed by atoms with Crippen LogP contribution in [0.25, 0.3) is 0 Å². The summed E-state index contributed by atoms with van der Waals surface area (Å²) in [5, 5.41) is 8.93. The van der Waals surface area contributed by atoms with Crippen LogP contribution in [0.15, 0.2) is 42.5 Å². The van der Waals surface area contributed by atoms with Gasteiger partial charge in [0.2, 0.25) is 0 Å².